The molecule has 1 aliphatic rings. The van der Waals surface area contributed by atoms with Crippen LogP contribution in [0.4, 0.5) is 5.82 Å². The molecule has 2 N–H and O–H groups in total. The van der Waals surface area contributed by atoms with Gasteiger partial charge in [-0.15, -0.1) is 11.3 Å². The van der Waals surface area contributed by atoms with Crippen LogP contribution in [0.3, 0.4) is 0 Å². The van der Waals surface area contributed by atoms with Gasteiger partial charge >= 0.3 is 0 Å². The average molecular weight is 437 g/mol. The van der Waals surface area contributed by atoms with E-state index in [1.165, 1.54) is 34.1 Å². The van der Waals surface area contributed by atoms with E-state index in [9.17, 15) is 0 Å². The van der Waals surface area contributed by atoms with Gasteiger partial charge < -0.3 is 15.4 Å². The van der Waals surface area contributed by atoms with Crippen LogP contribution in [0.1, 0.15) is 17.5 Å². The lowest BCUT2D eigenvalue weighted by atomic mass is 10.1. The molecule has 0 spiro atoms. The van der Waals surface area contributed by atoms with Crippen molar-refractivity contribution < 1.29 is 4.74 Å². The molecule has 31 heavy (non-hydrogen) atoms. The number of nitrogens with two attached hydrogens (primary N) is 1. The van der Waals surface area contributed by atoms with Gasteiger partial charge in [0.1, 0.15) is 17.6 Å². The molecule has 0 bridgehead atoms. The van der Waals surface area contributed by atoms with E-state index in [2.05, 4.69) is 58.2 Å². The number of benzene rings is 1. The summed E-state index contributed by atoms with van der Waals surface area (Å²) in [6.07, 6.45) is 4.82. The summed E-state index contributed by atoms with van der Waals surface area (Å²) in [6, 6.07) is 6.55. The molecule has 4 heterocycles. The Morgan fingerprint density at radius 1 is 1.16 bits per heavy atom. The number of aromatic nitrogens is 3. The van der Waals surface area contributed by atoms with E-state index in [4.69, 9.17) is 10.5 Å². The smallest absolute Gasteiger partial charge is 0.152 e. The maximum absolute atomic E-state index is 6.35. The molecule has 162 valence electrons. The highest BCUT2D eigenvalue weighted by Gasteiger charge is 2.22. The molecule has 0 unspecified atom stereocenters. The van der Waals surface area contributed by atoms with Crippen LogP contribution in [0, 0.1) is 6.92 Å². The van der Waals surface area contributed by atoms with Crippen molar-refractivity contribution in [3.63, 3.8) is 0 Å². The Labute approximate surface area is 186 Å². The number of aryl methyl sites for hydroxylation is 1. The maximum atomic E-state index is 6.35. The van der Waals surface area contributed by atoms with Crippen LogP contribution in [0.2, 0.25) is 0 Å². The first kappa shape index (κ1) is 20.2. The Hall–Kier alpha value is -2.68. The molecule has 5 rings (SSSR count). The topological polar surface area (TPSA) is 71.9 Å². The largest absolute Gasteiger partial charge is 0.495 e. The van der Waals surface area contributed by atoms with E-state index in [1.807, 2.05) is 4.52 Å². The highest BCUT2D eigenvalue weighted by atomic mass is 32.1. The third-order valence-corrected chi connectivity index (χ3v) is 7.26. The second-order valence-electron chi connectivity index (χ2n) is 8.40. The summed E-state index contributed by atoms with van der Waals surface area (Å²) in [7, 11) is 3.93. The first-order valence-electron chi connectivity index (χ1n) is 10.6. The van der Waals surface area contributed by atoms with Crippen LogP contribution in [0.25, 0.3) is 26.0 Å². The molecule has 4 aromatic rings. The zero-order valence-corrected chi connectivity index (χ0v) is 19.1. The fraction of sp³-hybridized carbons (Fsp3) is 0.391. The molecule has 0 saturated carbocycles. The number of hydrogen-bond acceptors (Lipinski definition) is 7. The van der Waals surface area contributed by atoms with E-state index in [-0.39, 0.29) is 0 Å². The number of fused-ring (bicyclic) bond motifs is 2. The Kier molecular flexibility index (Phi) is 5.29. The summed E-state index contributed by atoms with van der Waals surface area (Å²) in [4.78, 5) is 10.4. The Bertz CT molecular complexity index is 1250. The average Bonchev–Trinajstić information content (AvgIpc) is 3.25. The van der Waals surface area contributed by atoms with Gasteiger partial charge in [0.15, 0.2) is 5.82 Å². The Balaban J connectivity index is 1.65. The fourth-order valence-electron chi connectivity index (χ4n) is 4.52. The maximum Gasteiger partial charge on any atom is 0.152 e. The van der Waals surface area contributed by atoms with Gasteiger partial charge in [-0.3, -0.25) is 4.90 Å². The summed E-state index contributed by atoms with van der Waals surface area (Å²) < 4.78 is 8.70. The summed E-state index contributed by atoms with van der Waals surface area (Å²) in [5.74, 6) is 1.42. The third-order valence-electron chi connectivity index (χ3n) is 6.08. The third kappa shape index (κ3) is 3.75. The van der Waals surface area contributed by atoms with Gasteiger partial charge in [0.25, 0.3) is 0 Å². The monoisotopic (exact) mass is 436 g/mol. The van der Waals surface area contributed by atoms with Gasteiger partial charge in [-0.05, 0) is 62.1 Å². The lowest BCUT2D eigenvalue weighted by Gasteiger charge is -2.20. The SMILES string of the molecule is COc1cc(C)cc2cc(-c3c(CN4CCCN(C)CC4)cn4ncnc(N)c34)sc12. The summed E-state index contributed by atoms with van der Waals surface area (Å²) in [5, 5.41) is 5.64. The van der Waals surface area contributed by atoms with Crippen LogP contribution >= 0.6 is 11.3 Å². The zero-order chi connectivity index (χ0) is 21.5. The normalized spacial score (nSPS) is 16.2. The molecule has 3 aromatic heterocycles. The molecular formula is C23H28N6OS. The summed E-state index contributed by atoms with van der Waals surface area (Å²) in [6.45, 7) is 7.36. The lowest BCUT2D eigenvalue weighted by Crippen LogP contribution is -2.28. The van der Waals surface area contributed by atoms with Gasteiger partial charge in [-0.25, -0.2) is 9.50 Å². The van der Waals surface area contributed by atoms with Gasteiger partial charge in [-0.2, -0.15) is 5.10 Å². The van der Waals surface area contributed by atoms with Crippen LogP contribution < -0.4 is 10.5 Å². The minimum atomic E-state index is 0.507. The molecule has 0 radical (unpaired) electrons. The molecule has 0 atom stereocenters. The number of thiophene rings is 1. The zero-order valence-electron chi connectivity index (χ0n) is 18.3. The number of rotatable bonds is 4. The summed E-state index contributed by atoms with van der Waals surface area (Å²) >= 11 is 1.74. The lowest BCUT2D eigenvalue weighted by molar-refractivity contribution is 0.269. The van der Waals surface area contributed by atoms with Crippen molar-refractivity contribution >= 4 is 32.8 Å². The number of nitrogen functional groups attached to an aromatic ring is 1. The van der Waals surface area contributed by atoms with Crippen LogP contribution in [-0.4, -0.2) is 64.7 Å². The van der Waals surface area contributed by atoms with Gasteiger partial charge in [0.2, 0.25) is 0 Å². The molecule has 7 nitrogen and oxygen atoms in total. The van der Waals surface area contributed by atoms with Gasteiger partial charge in [-0.1, -0.05) is 6.07 Å². The van der Waals surface area contributed by atoms with Crippen molar-refractivity contribution in [3.05, 3.63) is 41.9 Å². The van der Waals surface area contributed by atoms with Gasteiger partial charge in [0, 0.05) is 36.3 Å². The quantitative estimate of drug-likeness (QED) is 0.527. The van der Waals surface area contributed by atoms with E-state index in [0.717, 1.165) is 54.3 Å². The van der Waals surface area contributed by atoms with Crippen LogP contribution in [-0.2, 0) is 6.54 Å². The Morgan fingerprint density at radius 3 is 2.87 bits per heavy atom. The number of methoxy groups -OCH3 is 1. The van der Waals surface area contributed by atoms with Crippen molar-refractivity contribution in [3.8, 4) is 16.2 Å². The van der Waals surface area contributed by atoms with Crippen LogP contribution in [0.15, 0.2) is 30.7 Å². The number of ether oxygens (including phenoxy) is 1. The standard InChI is InChI=1S/C23H28N6OS/c1-15-9-16-11-19(31-22(16)18(10-15)30-3)20-17(12-28-6-4-5-27(2)7-8-28)13-29-21(20)23(24)25-14-26-29/h9-11,13-14H,4-8,12H2,1-3H3,(H2,24,25,26). The second kappa shape index (κ2) is 8.11. The molecule has 8 heteroatoms. The van der Waals surface area contributed by atoms with E-state index < -0.39 is 0 Å². The van der Waals surface area contributed by atoms with E-state index in [0.29, 0.717) is 5.82 Å². The predicted molar refractivity (Wildman–Crippen MR) is 127 cm³/mol. The Morgan fingerprint density at radius 2 is 2.03 bits per heavy atom. The van der Waals surface area contributed by atoms with Crippen molar-refractivity contribution in [1.29, 1.82) is 0 Å². The van der Waals surface area contributed by atoms with E-state index >= 15 is 0 Å². The minimum Gasteiger partial charge on any atom is -0.495 e. The van der Waals surface area contributed by atoms with Gasteiger partial charge in [0.05, 0.1) is 11.8 Å². The molecular weight excluding hydrogens is 408 g/mol. The number of hydrogen-bond donors (Lipinski definition) is 1. The van der Waals surface area contributed by atoms with Crippen LogP contribution in [0.5, 0.6) is 5.75 Å². The highest BCUT2D eigenvalue weighted by Crippen LogP contribution is 2.43. The summed E-state index contributed by atoms with van der Waals surface area (Å²) in [5.41, 5.74) is 10.8. The fourth-order valence-corrected chi connectivity index (χ4v) is 5.73. The van der Waals surface area contributed by atoms with Crippen molar-refractivity contribution in [2.75, 3.05) is 46.1 Å². The molecule has 1 saturated heterocycles. The second-order valence-corrected chi connectivity index (χ2v) is 9.45. The van der Waals surface area contributed by atoms with E-state index in [1.54, 1.807) is 18.4 Å². The minimum absolute atomic E-state index is 0.507. The van der Waals surface area contributed by atoms with Crippen molar-refractivity contribution in [2.24, 2.45) is 0 Å². The number of nitrogens with zero attached hydrogens (tertiary/aromatic N) is 5. The number of likely N-dealkylation sites (N-methyl/N-ethyl adjacent to an activating group) is 1. The first-order valence-corrected chi connectivity index (χ1v) is 11.5. The molecule has 0 amide bonds. The highest BCUT2D eigenvalue weighted by molar-refractivity contribution is 7.22. The molecule has 1 aliphatic heterocycles. The van der Waals surface area contributed by atoms with Crippen molar-refractivity contribution in [2.45, 2.75) is 19.9 Å². The molecule has 1 fully saturated rings. The number of anilines is 1. The molecule has 1 aromatic carbocycles. The van der Waals surface area contributed by atoms with Crippen molar-refractivity contribution in [1.82, 2.24) is 24.4 Å². The first-order chi connectivity index (χ1) is 15.0. The molecule has 0 aliphatic carbocycles. The predicted octanol–water partition coefficient (Wildman–Crippen LogP) is 3.65.